The second-order valence-corrected chi connectivity index (χ2v) is 6.09. The molecule has 0 fully saturated rings. The average molecular weight is 299 g/mol. The summed E-state index contributed by atoms with van der Waals surface area (Å²) in [4.78, 5) is 11.6. The van der Waals surface area contributed by atoms with Gasteiger partial charge >= 0.3 is 5.97 Å². The van der Waals surface area contributed by atoms with Crippen LogP contribution >= 0.6 is 0 Å². The van der Waals surface area contributed by atoms with Gasteiger partial charge < -0.3 is 19.9 Å². The quantitative estimate of drug-likeness (QED) is 0.388. The van der Waals surface area contributed by atoms with Crippen LogP contribution in [0.5, 0.6) is 0 Å². The first-order valence-electron chi connectivity index (χ1n) is 7.11. The van der Waals surface area contributed by atoms with Crippen LogP contribution < -0.4 is 5.32 Å². The third-order valence-electron chi connectivity index (χ3n) is 3.09. The first-order chi connectivity index (χ1) is 9.62. The Kier molecular flexibility index (Phi) is 8.10. The Labute approximate surface area is 128 Å². The Bertz CT molecular complexity index is 360. The number of hydrogen-bond donors (Lipinski definition) is 2. The van der Waals surface area contributed by atoms with E-state index in [1.54, 1.807) is 13.0 Å². The smallest absolute Gasteiger partial charge is 0.308 e. The molecular formula is C16H29NO4. The minimum atomic E-state index is -0.739. The van der Waals surface area contributed by atoms with Crippen molar-refractivity contribution in [2.75, 3.05) is 13.7 Å². The second-order valence-electron chi connectivity index (χ2n) is 6.09. The van der Waals surface area contributed by atoms with Crippen molar-refractivity contribution >= 4 is 5.97 Å². The van der Waals surface area contributed by atoms with Crippen molar-refractivity contribution in [3.05, 3.63) is 25.1 Å². The maximum Gasteiger partial charge on any atom is 0.308 e. The number of aliphatic hydroxyl groups is 1. The molecule has 0 aromatic rings. The summed E-state index contributed by atoms with van der Waals surface area (Å²) in [6, 6.07) is 0. The molecule has 0 aliphatic heterocycles. The number of allylic oxidation sites excluding steroid dienone is 1. The van der Waals surface area contributed by atoms with Crippen LogP contribution in [0, 0.1) is 11.8 Å². The lowest BCUT2D eigenvalue weighted by Gasteiger charge is -2.28. The third kappa shape index (κ3) is 7.75. The van der Waals surface area contributed by atoms with E-state index in [-0.39, 0.29) is 24.0 Å². The highest BCUT2D eigenvalue weighted by molar-refractivity contribution is 5.72. The molecule has 0 bridgehead atoms. The number of aliphatic hydroxyl groups excluding tert-OH is 1. The molecule has 0 aliphatic carbocycles. The first kappa shape index (κ1) is 19.5. The van der Waals surface area contributed by atoms with E-state index in [9.17, 15) is 9.90 Å². The van der Waals surface area contributed by atoms with Gasteiger partial charge in [0.2, 0.25) is 0 Å². The summed E-state index contributed by atoms with van der Waals surface area (Å²) in [6.45, 7) is 15.1. The predicted octanol–water partition coefficient (Wildman–Crippen LogP) is 2.22. The lowest BCUT2D eigenvalue weighted by atomic mass is 9.86. The minimum absolute atomic E-state index is 0.245. The van der Waals surface area contributed by atoms with Crippen molar-refractivity contribution < 1.29 is 19.4 Å². The molecule has 5 heteroatoms. The molecule has 5 nitrogen and oxygen atoms in total. The van der Waals surface area contributed by atoms with Gasteiger partial charge in [-0.2, -0.15) is 0 Å². The molecular weight excluding hydrogens is 270 g/mol. The van der Waals surface area contributed by atoms with Crippen molar-refractivity contribution in [1.29, 1.82) is 0 Å². The number of carbonyl (C=O) groups excluding carboxylic acids is 1. The molecule has 2 N–H and O–H groups in total. The Balaban J connectivity index is 4.55. The number of hydrogen-bond acceptors (Lipinski definition) is 5. The Morgan fingerprint density at radius 1 is 1.43 bits per heavy atom. The van der Waals surface area contributed by atoms with E-state index in [1.165, 1.54) is 7.11 Å². The number of carbonyl (C=O) groups is 1. The van der Waals surface area contributed by atoms with E-state index in [1.807, 2.05) is 20.8 Å². The van der Waals surface area contributed by atoms with Crippen molar-refractivity contribution in [3.8, 4) is 0 Å². The van der Waals surface area contributed by atoms with E-state index in [0.29, 0.717) is 12.3 Å². The van der Waals surface area contributed by atoms with Gasteiger partial charge in [-0.15, -0.1) is 6.58 Å². The third-order valence-corrected chi connectivity index (χ3v) is 3.09. The van der Waals surface area contributed by atoms with Gasteiger partial charge in [-0.25, -0.2) is 0 Å². The zero-order chi connectivity index (χ0) is 16.6. The molecule has 0 aliphatic rings. The molecule has 0 amide bonds. The monoisotopic (exact) mass is 299 g/mol. The molecule has 0 heterocycles. The molecule has 0 radical (unpaired) electrons. The lowest BCUT2D eigenvalue weighted by Crippen LogP contribution is -2.39. The van der Waals surface area contributed by atoms with Crippen LogP contribution in [0.4, 0.5) is 0 Å². The molecule has 0 saturated heterocycles. The predicted molar refractivity (Wildman–Crippen MR) is 83.5 cm³/mol. The van der Waals surface area contributed by atoms with E-state index >= 15 is 0 Å². The van der Waals surface area contributed by atoms with Crippen LogP contribution in [0.15, 0.2) is 25.1 Å². The van der Waals surface area contributed by atoms with Crippen LogP contribution in [-0.2, 0) is 14.3 Å². The fourth-order valence-electron chi connectivity index (χ4n) is 2.02. The molecule has 0 aromatic carbocycles. The van der Waals surface area contributed by atoms with Gasteiger partial charge in [0, 0.05) is 12.5 Å². The zero-order valence-corrected chi connectivity index (χ0v) is 13.8. The topological polar surface area (TPSA) is 67.8 Å². The van der Waals surface area contributed by atoms with Gasteiger partial charge in [0.05, 0.1) is 19.1 Å². The molecule has 21 heavy (non-hydrogen) atoms. The summed E-state index contributed by atoms with van der Waals surface area (Å²) in [7, 11) is 1.34. The highest BCUT2D eigenvalue weighted by atomic mass is 16.5. The van der Waals surface area contributed by atoms with Gasteiger partial charge in [0.1, 0.15) is 5.60 Å². The van der Waals surface area contributed by atoms with Gasteiger partial charge in [0.15, 0.2) is 5.88 Å². The van der Waals surface area contributed by atoms with Gasteiger partial charge in [-0.1, -0.05) is 13.0 Å². The lowest BCUT2D eigenvalue weighted by molar-refractivity contribution is -0.148. The first-order valence-corrected chi connectivity index (χ1v) is 7.11. The molecule has 0 aromatic heterocycles. The number of esters is 1. The largest absolute Gasteiger partial charge is 0.474 e. The van der Waals surface area contributed by atoms with E-state index in [2.05, 4.69) is 18.5 Å². The Hall–Kier alpha value is -1.49. The fraction of sp³-hybridized carbons (Fsp3) is 0.688. The highest BCUT2D eigenvalue weighted by Crippen LogP contribution is 2.22. The normalized spacial score (nSPS) is 15.5. The number of ether oxygens (including phenoxy) is 2. The van der Waals surface area contributed by atoms with Gasteiger partial charge in [0.25, 0.3) is 0 Å². The molecule has 3 atom stereocenters. The maximum atomic E-state index is 11.6. The fourth-order valence-corrected chi connectivity index (χ4v) is 2.02. The molecule has 0 spiro atoms. The molecule has 0 saturated carbocycles. The summed E-state index contributed by atoms with van der Waals surface area (Å²) in [5, 5.41) is 13.2. The number of nitrogens with one attached hydrogen (secondary N) is 1. The second kappa shape index (κ2) is 8.72. The van der Waals surface area contributed by atoms with Gasteiger partial charge in [-0.05, 0) is 33.8 Å². The summed E-state index contributed by atoms with van der Waals surface area (Å²) < 4.78 is 10.3. The average Bonchev–Trinajstić information content (AvgIpc) is 2.38. The van der Waals surface area contributed by atoms with Crippen molar-refractivity contribution in [2.45, 2.75) is 45.8 Å². The molecule has 0 rings (SSSR count). The summed E-state index contributed by atoms with van der Waals surface area (Å²) >= 11 is 0. The van der Waals surface area contributed by atoms with E-state index in [0.717, 1.165) is 0 Å². The van der Waals surface area contributed by atoms with Crippen LogP contribution in [0.2, 0.25) is 0 Å². The van der Waals surface area contributed by atoms with E-state index in [4.69, 9.17) is 9.47 Å². The Morgan fingerprint density at radius 3 is 2.43 bits per heavy atom. The summed E-state index contributed by atoms with van der Waals surface area (Å²) in [6.07, 6.45) is 1.47. The highest BCUT2D eigenvalue weighted by Gasteiger charge is 2.30. The van der Waals surface area contributed by atoms with Crippen molar-refractivity contribution in [3.63, 3.8) is 0 Å². The SMILES string of the molecule is C=CCC(C(O)CNC(=C)OC(C)(C)C)[C@H](C)C(=O)OC. The van der Waals surface area contributed by atoms with Crippen LogP contribution in [0.25, 0.3) is 0 Å². The van der Waals surface area contributed by atoms with Crippen LogP contribution in [-0.4, -0.2) is 36.4 Å². The van der Waals surface area contributed by atoms with Crippen LogP contribution in [0.1, 0.15) is 34.1 Å². The molecule has 2 unspecified atom stereocenters. The van der Waals surface area contributed by atoms with Crippen molar-refractivity contribution in [2.24, 2.45) is 11.8 Å². The zero-order valence-electron chi connectivity index (χ0n) is 13.8. The summed E-state index contributed by atoms with van der Waals surface area (Å²) in [5.74, 6) is -0.637. The number of rotatable bonds is 9. The maximum absolute atomic E-state index is 11.6. The Morgan fingerprint density at radius 2 is 2.00 bits per heavy atom. The van der Waals surface area contributed by atoms with Gasteiger partial charge in [-0.3, -0.25) is 4.79 Å². The van der Waals surface area contributed by atoms with E-state index < -0.39 is 12.0 Å². The molecule has 122 valence electrons. The minimum Gasteiger partial charge on any atom is -0.474 e. The summed E-state index contributed by atoms with van der Waals surface area (Å²) in [5.41, 5.74) is -0.352. The van der Waals surface area contributed by atoms with Crippen molar-refractivity contribution in [1.82, 2.24) is 5.32 Å². The number of methoxy groups -OCH3 is 1. The standard InChI is InChI=1S/C16H29NO4/c1-8-9-13(11(2)15(19)20-7)14(18)10-17-12(3)21-16(4,5)6/h8,11,13-14,17-18H,1,3,9-10H2,2,4-7H3/t11-,13?,14?/m0/s1. The van der Waals surface area contributed by atoms with Crippen LogP contribution in [0.3, 0.4) is 0 Å².